The van der Waals surface area contributed by atoms with Crippen LogP contribution in [0.5, 0.6) is 5.88 Å². The average Bonchev–Trinajstić information content (AvgIpc) is 2.75. The number of ether oxygens (including phenoxy) is 1. The normalized spacial score (nSPS) is 12.4. The highest BCUT2D eigenvalue weighted by Gasteiger charge is 2.23. The van der Waals surface area contributed by atoms with Crippen molar-refractivity contribution in [3.05, 3.63) is 38.4 Å². The maximum atomic E-state index is 6.23. The molecule has 4 nitrogen and oxygen atoms in total. The summed E-state index contributed by atoms with van der Waals surface area (Å²) >= 11 is 13.6. The third kappa shape index (κ3) is 3.17. The highest BCUT2D eigenvalue weighted by atomic mass is 35.5. The maximum absolute atomic E-state index is 6.23. The summed E-state index contributed by atoms with van der Waals surface area (Å²) in [6, 6.07) is 1.65. The van der Waals surface area contributed by atoms with Crippen LogP contribution in [0.4, 0.5) is 0 Å². The fourth-order valence-electron chi connectivity index (χ4n) is 1.80. The Morgan fingerprint density at radius 1 is 1.37 bits per heavy atom. The lowest BCUT2D eigenvalue weighted by molar-refractivity contribution is 0.383. The third-order valence-electron chi connectivity index (χ3n) is 2.56. The SMILES string of the molecule is CCNC(c1cc(Cl)sc1Cl)c1nccnc1OC. The van der Waals surface area contributed by atoms with Crippen LogP contribution in [-0.2, 0) is 0 Å². The Bertz CT molecular complexity index is 562. The van der Waals surface area contributed by atoms with Gasteiger partial charge in [0.25, 0.3) is 0 Å². The van der Waals surface area contributed by atoms with Crippen molar-refractivity contribution in [1.29, 1.82) is 0 Å². The predicted molar refractivity (Wildman–Crippen MR) is 78.4 cm³/mol. The number of hydrogen-bond acceptors (Lipinski definition) is 5. The van der Waals surface area contributed by atoms with E-state index in [0.29, 0.717) is 20.2 Å². The van der Waals surface area contributed by atoms with Crippen LogP contribution in [0.2, 0.25) is 8.67 Å². The molecule has 2 aromatic heterocycles. The summed E-state index contributed by atoms with van der Waals surface area (Å²) in [6.45, 7) is 2.77. The predicted octanol–water partition coefficient (Wildman–Crippen LogP) is 3.55. The zero-order valence-electron chi connectivity index (χ0n) is 10.5. The van der Waals surface area contributed by atoms with Crippen LogP contribution in [0, 0.1) is 0 Å². The van der Waals surface area contributed by atoms with Crippen molar-refractivity contribution >= 4 is 34.5 Å². The Morgan fingerprint density at radius 3 is 2.68 bits per heavy atom. The Morgan fingerprint density at radius 2 is 2.11 bits per heavy atom. The molecule has 1 N–H and O–H groups in total. The number of methoxy groups -OCH3 is 1. The first-order valence-corrected chi connectivity index (χ1v) is 7.27. The Balaban J connectivity index is 2.48. The van der Waals surface area contributed by atoms with Crippen LogP contribution < -0.4 is 10.1 Å². The minimum Gasteiger partial charge on any atom is -0.480 e. The standard InChI is InChI=1S/C12H13Cl2N3OS/c1-3-15-9(7-6-8(13)19-11(7)14)10-12(18-2)17-5-4-16-10/h4-6,9,15H,3H2,1-2H3. The van der Waals surface area contributed by atoms with Crippen LogP contribution in [-0.4, -0.2) is 23.6 Å². The van der Waals surface area contributed by atoms with Gasteiger partial charge in [-0.25, -0.2) is 4.98 Å². The molecule has 0 aliphatic heterocycles. The summed E-state index contributed by atoms with van der Waals surface area (Å²) in [4.78, 5) is 8.51. The van der Waals surface area contributed by atoms with Gasteiger partial charge in [0, 0.05) is 18.0 Å². The second-order valence-electron chi connectivity index (χ2n) is 3.72. The van der Waals surface area contributed by atoms with Crippen LogP contribution in [0.1, 0.15) is 24.2 Å². The van der Waals surface area contributed by atoms with Crippen LogP contribution in [0.3, 0.4) is 0 Å². The van der Waals surface area contributed by atoms with E-state index >= 15 is 0 Å². The molecular weight excluding hydrogens is 305 g/mol. The molecule has 0 aromatic carbocycles. The van der Waals surface area contributed by atoms with E-state index < -0.39 is 0 Å². The lowest BCUT2D eigenvalue weighted by Gasteiger charge is -2.18. The molecule has 1 atom stereocenters. The minimum absolute atomic E-state index is 0.190. The van der Waals surface area contributed by atoms with E-state index in [1.54, 1.807) is 19.5 Å². The molecule has 0 fully saturated rings. The van der Waals surface area contributed by atoms with Crippen molar-refractivity contribution in [2.75, 3.05) is 13.7 Å². The molecule has 7 heteroatoms. The lowest BCUT2D eigenvalue weighted by atomic mass is 10.1. The monoisotopic (exact) mass is 317 g/mol. The fraction of sp³-hybridized carbons (Fsp3) is 0.333. The van der Waals surface area contributed by atoms with Gasteiger partial charge in [-0.1, -0.05) is 30.1 Å². The summed E-state index contributed by atoms with van der Waals surface area (Å²) in [5, 5.41) is 3.33. The van der Waals surface area contributed by atoms with Crippen molar-refractivity contribution in [1.82, 2.24) is 15.3 Å². The molecule has 0 bridgehead atoms. The number of nitrogens with zero attached hydrogens (tertiary/aromatic N) is 2. The Labute approximate surface area is 125 Å². The second-order valence-corrected chi connectivity index (χ2v) is 6.01. The van der Waals surface area contributed by atoms with Crippen molar-refractivity contribution in [2.45, 2.75) is 13.0 Å². The van der Waals surface area contributed by atoms with E-state index in [0.717, 1.165) is 12.1 Å². The highest BCUT2D eigenvalue weighted by molar-refractivity contribution is 7.20. The summed E-state index contributed by atoms with van der Waals surface area (Å²) < 4.78 is 6.54. The van der Waals surface area contributed by atoms with Gasteiger partial charge in [-0.2, -0.15) is 0 Å². The quantitative estimate of drug-likeness (QED) is 0.916. The van der Waals surface area contributed by atoms with Crippen molar-refractivity contribution < 1.29 is 4.74 Å². The van der Waals surface area contributed by atoms with Gasteiger partial charge >= 0.3 is 0 Å². The Kier molecular flexibility index (Phi) is 4.99. The first kappa shape index (κ1) is 14.5. The van der Waals surface area contributed by atoms with E-state index in [2.05, 4.69) is 15.3 Å². The largest absolute Gasteiger partial charge is 0.480 e. The van der Waals surface area contributed by atoms with Crippen LogP contribution >= 0.6 is 34.5 Å². The number of halogens is 2. The third-order valence-corrected chi connectivity index (χ3v) is 4.08. The average molecular weight is 318 g/mol. The zero-order chi connectivity index (χ0) is 13.8. The van der Waals surface area contributed by atoms with Gasteiger partial charge in [-0.05, 0) is 12.6 Å². The number of nitrogens with one attached hydrogen (secondary N) is 1. The molecule has 2 heterocycles. The minimum atomic E-state index is -0.190. The second kappa shape index (κ2) is 6.52. The van der Waals surface area contributed by atoms with E-state index in [9.17, 15) is 0 Å². The van der Waals surface area contributed by atoms with E-state index in [4.69, 9.17) is 27.9 Å². The maximum Gasteiger partial charge on any atom is 0.237 e. The molecule has 0 spiro atoms. The van der Waals surface area contributed by atoms with Gasteiger partial charge in [0.15, 0.2) is 0 Å². The van der Waals surface area contributed by atoms with Crippen LogP contribution in [0.25, 0.3) is 0 Å². The van der Waals surface area contributed by atoms with Crippen molar-refractivity contribution in [2.24, 2.45) is 0 Å². The van der Waals surface area contributed by atoms with E-state index in [-0.39, 0.29) is 6.04 Å². The van der Waals surface area contributed by atoms with Gasteiger partial charge < -0.3 is 10.1 Å². The summed E-state index contributed by atoms with van der Waals surface area (Å²) in [6.07, 6.45) is 3.22. The van der Waals surface area contributed by atoms with Crippen LogP contribution in [0.15, 0.2) is 18.5 Å². The first-order valence-electron chi connectivity index (χ1n) is 5.70. The molecule has 102 valence electrons. The summed E-state index contributed by atoms with van der Waals surface area (Å²) in [5.74, 6) is 0.479. The molecule has 0 amide bonds. The number of rotatable bonds is 5. The summed E-state index contributed by atoms with van der Waals surface area (Å²) in [7, 11) is 1.57. The topological polar surface area (TPSA) is 47.0 Å². The molecule has 0 saturated carbocycles. The van der Waals surface area contributed by atoms with Gasteiger partial charge in [0.2, 0.25) is 5.88 Å². The molecule has 19 heavy (non-hydrogen) atoms. The Hall–Kier alpha value is -0.880. The van der Waals surface area contributed by atoms with Gasteiger partial charge in [-0.3, -0.25) is 4.98 Å². The molecule has 2 aromatic rings. The molecule has 2 rings (SSSR count). The number of thiophene rings is 1. The zero-order valence-corrected chi connectivity index (χ0v) is 12.8. The molecule has 0 saturated heterocycles. The van der Waals surface area contributed by atoms with Gasteiger partial charge in [-0.15, -0.1) is 11.3 Å². The first-order chi connectivity index (χ1) is 9.17. The smallest absolute Gasteiger partial charge is 0.237 e. The number of aromatic nitrogens is 2. The number of hydrogen-bond donors (Lipinski definition) is 1. The van der Waals surface area contributed by atoms with E-state index in [1.165, 1.54) is 11.3 Å². The molecule has 0 aliphatic carbocycles. The van der Waals surface area contributed by atoms with E-state index in [1.807, 2.05) is 13.0 Å². The molecule has 0 radical (unpaired) electrons. The highest BCUT2D eigenvalue weighted by Crippen LogP contribution is 2.38. The molecule has 1 unspecified atom stereocenters. The lowest BCUT2D eigenvalue weighted by Crippen LogP contribution is -2.23. The fourth-order valence-corrected chi connectivity index (χ4v) is 3.33. The van der Waals surface area contributed by atoms with Crippen molar-refractivity contribution in [3.63, 3.8) is 0 Å². The molecule has 0 aliphatic rings. The van der Waals surface area contributed by atoms with Gasteiger partial charge in [0.05, 0.1) is 21.8 Å². The van der Waals surface area contributed by atoms with Gasteiger partial charge in [0.1, 0.15) is 5.69 Å². The van der Waals surface area contributed by atoms with Crippen molar-refractivity contribution in [3.8, 4) is 5.88 Å². The molecular formula is C12H13Cl2N3OS. The summed E-state index contributed by atoms with van der Waals surface area (Å²) in [5.41, 5.74) is 1.58.